The smallest absolute Gasteiger partial charge is 0.326 e. The van der Waals surface area contributed by atoms with Gasteiger partial charge in [0.2, 0.25) is 0 Å². The van der Waals surface area contributed by atoms with Crippen LogP contribution in [0, 0.1) is 5.92 Å². The molecule has 1 heterocycles. The zero-order valence-electron chi connectivity index (χ0n) is 9.18. The van der Waals surface area contributed by atoms with Gasteiger partial charge in [0.25, 0.3) is 5.91 Å². The summed E-state index contributed by atoms with van der Waals surface area (Å²) in [5.41, 5.74) is 0.405. The topological polar surface area (TPSA) is 79.3 Å². The Labute approximate surface area is 93.5 Å². The number of rotatable bonds is 4. The van der Waals surface area contributed by atoms with E-state index >= 15 is 0 Å². The molecule has 2 N–H and O–H groups in total. The number of carbonyl (C=O) groups is 2. The molecule has 0 aliphatic carbocycles. The molecule has 1 amide bonds. The molecule has 5 nitrogen and oxygen atoms in total. The highest BCUT2D eigenvalue weighted by Crippen LogP contribution is 2.04. The largest absolute Gasteiger partial charge is 0.480 e. The van der Waals surface area contributed by atoms with E-state index < -0.39 is 17.9 Å². The number of aromatic nitrogens is 1. The van der Waals surface area contributed by atoms with Gasteiger partial charge in [-0.25, -0.2) is 4.79 Å². The fourth-order valence-corrected chi connectivity index (χ4v) is 1.24. The molecule has 1 rings (SSSR count). The molecule has 0 fully saturated rings. The summed E-state index contributed by atoms with van der Waals surface area (Å²) in [6.07, 6.45) is 2.97. The van der Waals surface area contributed by atoms with E-state index in [1.54, 1.807) is 13.8 Å². The summed E-state index contributed by atoms with van der Waals surface area (Å²) in [5, 5.41) is 11.4. The number of amides is 1. The van der Waals surface area contributed by atoms with Gasteiger partial charge >= 0.3 is 5.97 Å². The minimum Gasteiger partial charge on any atom is -0.480 e. The number of hydrogen-bond acceptors (Lipinski definition) is 3. The van der Waals surface area contributed by atoms with Crippen molar-refractivity contribution in [2.75, 3.05) is 0 Å². The van der Waals surface area contributed by atoms with Crippen LogP contribution in [0.25, 0.3) is 0 Å². The maximum atomic E-state index is 11.7. The molecular formula is C11H14N2O3. The summed E-state index contributed by atoms with van der Waals surface area (Å²) in [6, 6.07) is 2.20. The Bertz CT molecular complexity index is 376. The summed E-state index contributed by atoms with van der Waals surface area (Å²) in [6.45, 7) is 3.48. The average molecular weight is 222 g/mol. The Morgan fingerprint density at radius 1 is 1.31 bits per heavy atom. The van der Waals surface area contributed by atoms with Crippen molar-refractivity contribution in [3.05, 3.63) is 30.1 Å². The van der Waals surface area contributed by atoms with Crippen molar-refractivity contribution in [2.45, 2.75) is 19.9 Å². The molecule has 16 heavy (non-hydrogen) atoms. The molecule has 0 bridgehead atoms. The number of carboxylic acid groups (broad SMARTS) is 1. The van der Waals surface area contributed by atoms with Gasteiger partial charge in [0.15, 0.2) is 0 Å². The summed E-state index contributed by atoms with van der Waals surface area (Å²) < 4.78 is 0. The third kappa shape index (κ3) is 3.05. The Morgan fingerprint density at radius 2 is 1.88 bits per heavy atom. The molecule has 0 aromatic carbocycles. The van der Waals surface area contributed by atoms with Crippen LogP contribution in [0.2, 0.25) is 0 Å². The van der Waals surface area contributed by atoms with Crippen molar-refractivity contribution in [2.24, 2.45) is 5.92 Å². The maximum absolute atomic E-state index is 11.7. The Morgan fingerprint density at radius 3 is 2.31 bits per heavy atom. The fourth-order valence-electron chi connectivity index (χ4n) is 1.24. The maximum Gasteiger partial charge on any atom is 0.326 e. The molecule has 0 aliphatic heterocycles. The first-order valence-electron chi connectivity index (χ1n) is 4.96. The molecule has 0 saturated heterocycles. The van der Waals surface area contributed by atoms with Crippen LogP contribution in [0.15, 0.2) is 24.5 Å². The summed E-state index contributed by atoms with van der Waals surface area (Å²) in [5.74, 6) is -1.59. The lowest BCUT2D eigenvalue weighted by Gasteiger charge is -2.17. The lowest BCUT2D eigenvalue weighted by molar-refractivity contribution is -0.140. The molecule has 0 aliphatic rings. The van der Waals surface area contributed by atoms with Crippen molar-refractivity contribution in [3.63, 3.8) is 0 Å². The van der Waals surface area contributed by atoms with E-state index in [0.29, 0.717) is 5.56 Å². The number of nitrogens with one attached hydrogen (secondary N) is 1. The second-order valence-corrected chi connectivity index (χ2v) is 3.77. The first-order valence-corrected chi connectivity index (χ1v) is 4.96. The molecule has 1 unspecified atom stereocenters. The Kier molecular flexibility index (Phi) is 3.99. The second kappa shape index (κ2) is 5.25. The van der Waals surface area contributed by atoms with Crippen LogP contribution in [-0.4, -0.2) is 28.0 Å². The second-order valence-electron chi connectivity index (χ2n) is 3.77. The number of pyridine rings is 1. The first kappa shape index (κ1) is 12.2. The number of aliphatic carboxylic acids is 1. The highest BCUT2D eigenvalue weighted by molar-refractivity contribution is 5.96. The molecule has 1 atom stereocenters. The van der Waals surface area contributed by atoms with Gasteiger partial charge in [-0.15, -0.1) is 0 Å². The van der Waals surface area contributed by atoms with Gasteiger partial charge in [0, 0.05) is 18.0 Å². The standard InChI is InChI=1S/C11H14N2O3/c1-7(2)9(11(15)16)13-10(14)8-3-5-12-6-4-8/h3-7,9H,1-2H3,(H,13,14)(H,15,16). The van der Waals surface area contributed by atoms with Crippen molar-refractivity contribution >= 4 is 11.9 Å². The van der Waals surface area contributed by atoms with Crippen molar-refractivity contribution in [1.29, 1.82) is 0 Å². The molecular weight excluding hydrogens is 208 g/mol. The average Bonchev–Trinajstić information content (AvgIpc) is 2.25. The number of carboxylic acids is 1. The first-order chi connectivity index (χ1) is 7.52. The lowest BCUT2D eigenvalue weighted by Crippen LogP contribution is -2.44. The van der Waals surface area contributed by atoms with Gasteiger partial charge in [0.1, 0.15) is 6.04 Å². The molecule has 0 radical (unpaired) electrons. The monoisotopic (exact) mass is 222 g/mol. The normalized spacial score (nSPS) is 12.2. The highest BCUT2D eigenvalue weighted by Gasteiger charge is 2.23. The third-order valence-corrected chi connectivity index (χ3v) is 2.16. The molecule has 0 saturated carbocycles. The molecule has 0 spiro atoms. The van der Waals surface area contributed by atoms with Crippen LogP contribution < -0.4 is 5.32 Å². The van der Waals surface area contributed by atoms with Crippen LogP contribution in [0.5, 0.6) is 0 Å². The van der Waals surface area contributed by atoms with E-state index in [0.717, 1.165) is 0 Å². The zero-order chi connectivity index (χ0) is 12.1. The van der Waals surface area contributed by atoms with Gasteiger partial charge in [-0.3, -0.25) is 9.78 Å². The van der Waals surface area contributed by atoms with Crippen LogP contribution in [0.3, 0.4) is 0 Å². The van der Waals surface area contributed by atoms with Gasteiger partial charge in [-0.1, -0.05) is 13.8 Å². The minimum absolute atomic E-state index is 0.164. The van der Waals surface area contributed by atoms with E-state index in [-0.39, 0.29) is 5.92 Å². The van der Waals surface area contributed by atoms with Crippen molar-refractivity contribution < 1.29 is 14.7 Å². The van der Waals surface area contributed by atoms with Gasteiger partial charge in [-0.05, 0) is 18.1 Å². The molecule has 86 valence electrons. The van der Waals surface area contributed by atoms with Gasteiger partial charge < -0.3 is 10.4 Å². The Hall–Kier alpha value is -1.91. The number of hydrogen-bond donors (Lipinski definition) is 2. The van der Waals surface area contributed by atoms with Gasteiger partial charge in [0.05, 0.1) is 0 Å². The van der Waals surface area contributed by atoms with E-state index in [2.05, 4.69) is 10.3 Å². The van der Waals surface area contributed by atoms with Crippen LogP contribution >= 0.6 is 0 Å². The predicted molar refractivity (Wildman–Crippen MR) is 58.0 cm³/mol. The van der Waals surface area contributed by atoms with E-state index in [9.17, 15) is 9.59 Å². The summed E-state index contributed by atoms with van der Waals surface area (Å²) >= 11 is 0. The minimum atomic E-state index is -1.03. The van der Waals surface area contributed by atoms with Crippen LogP contribution in [0.4, 0.5) is 0 Å². The quantitative estimate of drug-likeness (QED) is 0.794. The summed E-state index contributed by atoms with van der Waals surface area (Å²) in [7, 11) is 0. The molecule has 1 aromatic heterocycles. The zero-order valence-corrected chi connectivity index (χ0v) is 9.18. The van der Waals surface area contributed by atoms with E-state index in [1.165, 1.54) is 24.5 Å². The summed E-state index contributed by atoms with van der Waals surface area (Å²) in [4.78, 5) is 26.3. The number of carbonyl (C=O) groups excluding carboxylic acids is 1. The van der Waals surface area contributed by atoms with Crippen molar-refractivity contribution in [3.8, 4) is 0 Å². The van der Waals surface area contributed by atoms with Crippen molar-refractivity contribution in [1.82, 2.24) is 10.3 Å². The van der Waals surface area contributed by atoms with Crippen LogP contribution in [0.1, 0.15) is 24.2 Å². The fraction of sp³-hybridized carbons (Fsp3) is 0.364. The van der Waals surface area contributed by atoms with E-state index in [4.69, 9.17) is 5.11 Å². The number of nitrogens with zero attached hydrogens (tertiary/aromatic N) is 1. The molecule has 1 aromatic rings. The van der Waals surface area contributed by atoms with Crippen LogP contribution in [-0.2, 0) is 4.79 Å². The molecule has 5 heteroatoms. The third-order valence-electron chi connectivity index (χ3n) is 2.16. The van der Waals surface area contributed by atoms with Gasteiger partial charge in [-0.2, -0.15) is 0 Å². The predicted octanol–water partition coefficient (Wildman–Crippen LogP) is 0.921. The van der Waals surface area contributed by atoms with E-state index in [1.807, 2.05) is 0 Å². The Balaban J connectivity index is 2.74. The lowest BCUT2D eigenvalue weighted by atomic mass is 10.0. The SMILES string of the molecule is CC(C)C(NC(=O)c1ccncc1)C(=O)O. The highest BCUT2D eigenvalue weighted by atomic mass is 16.4.